The van der Waals surface area contributed by atoms with Gasteiger partial charge in [-0.25, -0.2) is 0 Å². The third kappa shape index (κ3) is 5.96. The quantitative estimate of drug-likeness (QED) is 0.560. The molecule has 118 valence electrons. The van der Waals surface area contributed by atoms with Crippen LogP contribution in [-0.4, -0.2) is 36.4 Å². The molecule has 2 N–H and O–H groups in total. The Kier molecular flexibility index (Phi) is 8.41. The molecular formula is C15H18ClN3O2S. The second-order valence-electron chi connectivity index (χ2n) is 4.47. The maximum atomic E-state index is 12.1. The summed E-state index contributed by atoms with van der Waals surface area (Å²) in [5.41, 5.74) is 1.38. The molecule has 0 saturated heterocycles. The van der Waals surface area contributed by atoms with E-state index in [2.05, 4.69) is 10.6 Å². The molecule has 1 atom stereocenters. The van der Waals surface area contributed by atoms with Gasteiger partial charge in [0.05, 0.1) is 12.5 Å². The predicted octanol–water partition coefficient (Wildman–Crippen LogP) is 1.92. The van der Waals surface area contributed by atoms with Crippen molar-refractivity contribution in [3.63, 3.8) is 0 Å². The Morgan fingerprint density at radius 2 is 2.18 bits per heavy atom. The van der Waals surface area contributed by atoms with Gasteiger partial charge in [0.1, 0.15) is 5.25 Å². The van der Waals surface area contributed by atoms with Gasteiger partial charge in [-0.1, -0.05) is 12.1 Å². The molecule has 0 aromatic heterocycles. The number of amides is 2. The number of halogens is 1. The highest BCUT2D eigenvalue weighted by molar-refractivity contribution is 7.99. The van der Waals surface area contributed by atoms with E-state index >= 15 is 0 Å². The summed E-state index contributed by atoms with van der Waals surface area (Å²) in [4.78, 5) is 24.0. The molecule has 0 radical (unpaired) electrons. The van der Waals surface area contributed by atoms with E-state index in [9.17, 15) is 9.59 Å². The van der Waals surface area contributed by atoms with Crippen molar-refractivity contribution >= 4 is 35.2 Å². The van der Waals surface area contributed by atoms with Crippen LogP contribution in [0.4, 0.5) is 0 Å². The topological polar surface area (TPSA) is 82.0 Å². The van der Waals surface area contributed by atoms with E-state index in [0.717, 1.165) is 5.56 Å². The number of nitriles is 1. The van der Waals surface area contributed by atoms with Gasteiger partial charge >= 0.3 is 0 Å². The fraction of sp³-hybridized carbons (Fsp3) is 0.400. The van der Waals surface area contributed by atoms with Gasteiger partial charge in [-0.3, -0.25) is 9.59 Å². The average Bonchev–Trinajstić information content (AvgIpc) is 2.55. The number of hydrogen-bond donors (Lipinski definition) is 2. The summed E-state index contributed by atoms with van der Waals surface area (Å²) in [7, 11) is 0. The minimum Gasteiger partial charge on any atom is -0.354 e. The Bertz CT molecular complexity index is 560. The third-order valence-corrected chi connectivity index (χ3v) is 4.16. The highest BCUT2D eigenvalue weighted by Crippen LogP contribution is 2.09. The van der Waals surface area contributed by atoms with Gasteiger partial charge in [0.2, 0.25) is 5.91 Å². The highest BCUT2D eigenvalue weighted by Gasteiger charge is 2.18. The van der Waals surface area contributed by atoms with Crippen LogP contribution in [-0.2, 0) is 10.7 Å². The molecule has 7 heteroatoms. The number of thioether (sulfide) groups is 1. The molecule has 1 aromatic carbocycles. The maximum absolute atomic E-state index is 12.1. The molecule has 1 unspecified atom stereocenters. The number of alkyl halides is 1. The summed E-state index contributed by atoms with van der Waals surface area (Å²) in [5, 5.41) is 13.5. The molecule has 0 spiro atoms. The first-order valence-corrected chi connectivity index (χ1v) is 8.55. The Morgan fingerprint density at radius 1 is 1.41 bits per heavy atom. The van der Waals surface area contributed by atoms with Crippen LogP contribution in [0.5, 0.6) is 0 Å². The summed E-state index contributed by atoms with van der Waals surface area (Å²) in [6.45, 7) is 0.543. The number of nitrogens with zero attached hydrogens (tertiary/aromatic N) is 1. The summed E-state index contributed by atoms with van der Waals surface area (Å²) in [6.07, 6.45) is 2.07. The Hall–Kier alpha value is -1.71. The molecule has 1 rings (SSSR count). The molecule has 22 heavy (non-hydrogen) atoms. The van der Waals surface area contributed by atoms with Crippen molar-refractivity contribution in [2.45, 2.75) is 17.6 Å². The zero-order chi connectivity index (χ0) is 16.4. The van der Waals surface area contributed by atoms with Gasteiger partial charge < -0.3 is 10.6 Å². The van der Waals surface area contributed by atoms with E-state index in [-0.39, 0.29) is 30.0 Å². The van der Waals surface area contributed by atoms with E-state index in [1.165, 1.54) is 11.8 Å². The SMILES string of the molecule is CSC(CNC(=O)c1cccc(CCl)c1)C(=O)NCCC#N. The first-order valence-electron chi connectivity index (χ1n) is 6.73. The Morgan fingerprint density at radius 3 is 2.82 bits per heavy atom. The molecule has 0 bridgehead atoms. The lowest BCUT2D eigenvalue weighted by Gasteiger charge is -2.15. The van der Waals surface area contributed by atoms with Crippen molar-refractivity contribution in [1.82, 2.24) is 10.6 Å². The van der Waals surface area contributed by atoms with Crippen LogP contribution in [0.1, 0.15) is 22.3 Å². The number of benzene rings is 1. The average molecular weight is 340 g/mol. The fourth-order valence-corrected chi connectivity index (χ4v) is 2.44. The summed E-state index contributed by atoms with van der Waals surface area (Å²) < 4.78 is 0. The summed E-state index contributed by atoms with van der Waals surface area (Å²) in [6, 6.07) is 9.00. The molecule has 1 aromatic rings. The van der Waals surface area contributed by atoms with Crippen molar-refractivity contribution < 1.29 is 9.59 Å². The van der Waals surface area contributed by atoms with E-state index in [1.54, 1.807) is 24.5 Å². The van der Waals surface area contributed by atoms with Gasteiger partial charge in [0, 0.05) is 24.5 Å². The van der Waals surface area contributed by atoms with Gasteiger partial charge in [-0.05, 0) is 24.0 Å². The van der Waals surface area contributed by atoms with Gasteiger partial charge in [0.25, 0.3) is 5.91 Å². The lowest BCUT2D eigenvalue weighted by Crippen LogP contribution is -2.41. The molecule has 0 aliphatic carbocycles. The number of nitrogens with one attached hydrogen (secondary N) is 2. The van der Waals surface area contributed by atoms with Crippen molar-refractivity contribution in [3.8, 4) is 6.07 Å². The van der Waals surface area contributed by atoms with Crippen LogP contribution in [0.3, 0.4) is 0 Å². The van der Waals surface area contributed by atoms with Crippen LogP contribution in [0, 0.1) is 11.3 Å². The zero-order valence-corrected chi connectivity index (χ0v) is 13.8. The van der Waals surface area contributed by atoms with Crippen LogP contribution in [0.2, 0.25) is 0 Å². The standard InChI is InChI=1S/C15H18ClN3O2S/c1-22-13(15(21)18-7-3-6-17)10-19-14(20)12-5-2-4-11(8-12)9-16/h2,4-5,8,13H,3,7,9-10H2,1H3,(H,18,21)(H,19,20). The smallest absolute Gasteiger partial charge is 0.251 e. The second kappa shape index (κ2) is 10.1. The van der Waals surface area contributed by atoms with E-state index in [1.807, 2.05) is 12.1 Å². The largest absolute Gasteiger partial charge is 0.354 e. The van der Waals surface area contributed by atoms with Gasteiger partial charge in [-0.15, -0.1) is 11.6 Å². The Balaban J connectivity index is 2.53. The molecule has 0 aliphatic rings. The van der Waals surface area contributed by atoms with Crippen LogP contribution in [0.25, 0.3) is 0 Å². The second-order valence-corrected chi connectivity index (χ2v) is 5.78. The summed E-state index contributed by atoms with van der Waals surface area (Å²) >= 11 is 7.09. The van der Waals surface area contributed by atoms with Crippen molar-refractivity contribution in [2.24, 2.45) is 0 Å². The first-order chi connectivity index (χ1) is 10.6. The Labute approximate surface area is 139 Å². The summed E-state index contributed by atoms with van der Waals surface area (Å²) in [5.74, 6) is -0.0797. The van der Waals surface area contributed by atoms with E-state index in [4.69, 9.17) is 16.9 Å². The maximum Gasteiger partial charge on any atom is 0.251 e. The van der Waals surface area contributed by atoms with Crippen molar-refractivity contribution in [1.29, 1.82) is 5.26 Å². The molecule has 0 saturated carbocycles. The van der Waals surface area contributed by atoms with E-state index < -0.39 is 0 Å². The first kappa shape index (κ1) is 18.3. The number of carbonyl (C=O) groups is 2. The molecule has 0 aliphatic heterocycles. The molecule has 0 fully saturated rings. The third-order valence-electron chi connectivity index (χ3n) is 2.90. The van der Waals surface area contributed by atoms with Crippen molar-refractivity contribution in [3.05, 3.63) is 35.4 Å². The fourth-order valence-electron chi connectivity index (χ4n) is 1.72. The van der Waals surface area contributed by atoms with E-state index in [0.29, 0.717) is 18.0 Å². The number of carbonyl (C=O) groups excluding carboxylic acids is 2. The number of hydrogen-bond acceptors (Lipinski definition) is 4. The molecule has 5 nitrogen and oxygen atoms in total. The monoisotopic (exact) mass is 339 g/mol. The normalized spacial score (nSPS) is 11.3. The van der Waals surface area contributed by atoms with Crippen molar-refractivity contribution in [2.75, 3.05) is 19.3 Å². The van der Waals surface area contributed by atoms with Gasteiger partial charge in [-0.2, -0.15) is 17.0 Å². The predicted molar refractivity (Wildman–Crippen MR) is 88.9 cm³/mol. The molecule has 0 heterocycles. The highest BCUT2D eigenvalue weighted by atomic mass is 35.5. The van der Waals surface area contributed by atoms with Crippen LogP contribution in [0.15, 0.2) is 24.3 Å². The van der Waals surface area contributed by atoms with Crippen LogP contribution >= 0.6 is 23.4 Å². The lowest BCUT2D eigenvalue weighted by molar-refractivity contribution is -0.120. The van der Waals surface area contributed by atoms with Gasteiger partial charge in [0.15, 0.2) is 0 Å². The minimum absolute atomic E-state index is 0.183. The lowest BCUT2D eigenvalue weighted by atomic mass is 10.1. The molecule has 2 amide bonds. The zero-order valence-electron chi connectivity index (χ0n) is 12.3. The molecular weight excluding hydrogens is 322 g/mol. The minimum atomic E-state index is -0.390. The number of rotatable bonds is 8. The van der Waals surface area contributed by atoms with Crippen LogP contribution < -0.4 is 10.6 Å².